The zero-order valence-electron chi connectivity index (χ0n) is 13.7. The normalized spacial score (nSPS) is 20.3. The van der Waals surface area contributed by atoms with E-state index in [2.05, 4.69) is 17.3 Å². The molecule has 1 N–H and O–H groups in total. The first-order valence-corrected chi connectivity index (χ1v) is 7.78. The van der Waals surface area contributed by atoms with E-state index in [0.717, 1.165) is 6.54 Å². The van der Waals surface area contributed by atoms with Crippen molar-refractivity contribution in [1.82, 2.24) is 20.0 Å². The van der Waals surface area contributed by atoms with Crippen LogP contribution in [0.1, 0.15) is 24.3 Å². The second-order valence-corrected chi connectivity index (χ2v) is 5.79. The molecule has 1 aromatic heterocycles. The molecule has 7 heteroatoms. The number of hydrogen-bond donors (Lipinski definition) is 1. The number of hydrogen-bond acceptors (Lipinski definition) is 4. The molecule has 1 fully saturated rings. The molecule has 24 heavy (non-hydrogen) atoms. The lowest BCUT2D eigenvalue weighted by molar-refractivity contribution is 0.0595. The van der Waals surface area contributed by atoms with Gasteiger partial charge >= 0.3 is 0 Å². The van der Waals surface area contributed by atoms with Gasteiger partial charge in [0.05, 0.1) is 5.69 Å². The van der Waals surface area contributed by atoms with Crippen LogP contribution in [-0.4, -0.2) is 45.8 Å². The van der Waals surface area contributed by atoms with Crippen molar-refractivity contribution in [2.45, 2.75) is 25.9 Å². The van der Waals surface area contributed by atoms with Crippen LogP contribution in [0.5, 0.6) is 0 Å². The molecule has 1 amide bonds. The number of para-hydroxylation sites is 1. The van der Waals surface area contributed by atoms with Gasteiger partial charge in [-0.15, -0.1) is 12.4 Å². The maximum atomic E-state index is 12.8. The van der Waals surface area contributed by atoms with Crippen molar-refractivity contribution < 1.29 is 4.79 Å². The van der Waals surface area contributed by atoms with E-state index in [9.17, 15) is 9.59 Å². The summed E-state index contributed by atoms with van der Waals surface area (Å²) < 4.78 is 1.27. The number of carbonyl (C=O) groups excluding carboxylic acids is 1. The van der Waals surface area contributed by atoms with Gasteiger partial charge in [0.25, 0.3) is 11.5 Å². The molecule has 2 aromatic rings. The summed E-state index contributed by atoms with van der Waals surface area (Å²) in [4.78, 5) is 26.6. The Bertz CT molecular complexity index is 763. The second kappa shape index (κ2) is 7.59. The molecule has 1 aromatic carbocycles. The Labute approximate surface area is 146 Å². The van der Waals surface area contributed by atoms with E-state index in [1.54, 1.807) is 12.1 Å². The molecule has 2 heterocycles. The number of nitrogens with one attached hydrogen (secondary N) is 1. The largest absolute Gasteiger partial charge is 0.332 e. The molecule has 3 rings (SSSR count). The minimum atomic E-state index is -0.255. The van der Waals surface area contributed by atoms with Gasteiger partial charge in [-0.2, -0.15) is 9.78 Å². The summed E-state index contributed by atoms with van der Waals surface area (Å²) in [5.41, 5.74) is 0.678. The standard InChI is InChI=1S/C17H20N4O2.ClH/c1-12-13(2)20(11-10-18-12)17(23)15-8-9-16(22)21(19-15)14-6-4-3-5-7-14;/h3-9,12-13,18H,10-11H2,1-2H3;1H. The summed E-state index contributed by atoms with van der Waals surface area (Å²) in [5, 5.41) is 7.61. The van der Waals surface area contributed by atoms with E-state index in [4.69, 9.17) is 0 Å². The van der Waals surface area contributed by atoms with Gasteiger partial charge in [0, 0.05) is 31.2 Å². The summed E-state index contributed by atoms with van der Waals surface area (Å²) in [6.45, 7) is 5.47. The lowest BCUT2D eigenvalue weighted by atomic mass is 10.1. The van der Waals surface area contributed by atoms with Crippen LogP contribution >= 0.6 is 12.4 Å². The number of carbonyl (C=O) groups is 1. The topological polar surface area (TPSA) is 67.2 Å². The lowest BCUT2D eigenvalue weighted by Crippen LogP contribution is -2.57. The van der Waals surface area contributed by atoms with Crippen molar-refractivity contribution >= 4 is 18.3 Å². The van der Waals surface area contributed by atoms with Crippen LogP contribution < -0.4 is 10.9 Å². The highest BCUT2D eigenvalue weighted by Crippen LogP contribution is 2.12. The summed E-state index contributed by atoms with van der Waals surface area (Å²) in [6, 6.07) is 12.3. The predicted molar refractivity (Wildman–Crippen MR) is 95.0 cm³/mol. The third kappa shape index (κ3) is 3.49. The van der Waals surface area contributed by atoms with Crippen molar-refractivity contribution in [3.05, 3.63) is 58.5 Å². The Morgan fingerprint density at radius 3 is 2.58 bits per heavy atom. The predicted octanol–water partition coefficient (Wildman–Crippen LogP) is 1.48. The Balaban J connectivity index is 0.00000208. The first-order chi connectivity index (χ1) is 11.1. The molecule has 0 radical (unpaired) electrons. The van der Waals surface area contributed by atoms with Crippen molar-refractivity contribution in [2.75, 3.05) is 13.1 Å². The van der Waals surface area contributed by atoms with E-state index in [0.29, 0.717) is 12.2 Å². The van der Waals surface area contributed by atoms with E-state index < -0.39 is 0 Å². The molecule has 128 valence electrons. The molecule has 2 atom stereocenters. The van der Waals surface area contributed by atoms with E-state index in [-0.39, 0.29) is 41.7 Å². The average Bonchev–Trinajstić information content (AvgIpc) is 2.58. The lowest BCUT2D eigenvalue weighted by Gasteiger charge is -2.38. The SMILES string of the molecule is CC1NCCN(C(=O)c2ccc(=O)n(-c3ccccc3)n2)C1C.Cl. The second-order valence-electron chi connectivity index (χ2n) is 5.79. The van der Waals surface area contributed by atoms with Gasteiger partial charge in [-0.05, 0) is 32.0 Å². The van der Waals surface area contributed by atoms with Crippen LogP contribution in [0.2, 0.25) is 0 Å². The number of halogens is 1. The van der Waals surface area contributed by atoms with Crippen LogP contribution in [0, 0.1) is 0 Å². The molecule has 1 saturated heterocycles. The monoisotopic (exact) mass is 348 g/mol. The maximum absolute atomic E-state index is 12.8. The molecular weight excluding hydrogens is 328 g/mol. The van der Waals surface area contributed by atoms with Gasteiger partial charge in [0.15, 0.2) is 0 Å². The molecule has 0 saturated carbocycles. The number of rotatable bonds is 2. The summed E-state index contributed by atoms with van der Waals surface area (Å²) in [5.74, 6) is -0.143. The van der Waals surface area contributed by atoms with Crippen LogP contribution in [-0.2, 0) is 0 Å². The van der Waals surface area contributed by atoms with Gasteiger partial charge in [-0.1, -0.05) is 18.2 Å². The molecule has 0 bridgehead atoms. The molecule has 6 nitrogen and oxygen atoms in total. The first kappa shape index (κ1) is 18.2. The van der Waals surface area contributed by atoms with E-state index in [1.165, 1.54) is 16.8 Å². The minimum Gasteiger partial charge on any atom is -0.332 e. The van der Waals surface area contributed by atoms with Crippen LogP contribution in [0.25, 0.3) is 5.69 Å². The van der Waals surface area contributed by atoms with Gasteiger partial charge in [0.1, 0.15) is 5.69 Å². The Morgan fingerprint density at radius 1 is 1.17 bits per heavy atom. The fraction of sp³-hybridized carbons (Fsp3) is 0.353. The third-order valence-corrected chi connectivity index (χ3v) is 4.32. The average molecular weight is 349 g/mol. The van der Waals surface area contributed by atoms with Crippen LogP contribution in [0.4, 0.5) is 0 Å². The van der Waals surface area contributed by atoms with Crippen molar-refractivity contribution in [2.24, 2.45) is 0 Å². The van der Waals surface area contributed by atoms with Gasteiger partial charge in [-0.3, -0.25) is 9.59 Å². The van der Waals surface area contributed by atoms with Crippen LogP contribution in [0.15, 0.2) is 47.3 Å². The zero-order valence-corrected chi connectivity index (χ0v) is 14.5. The molecule has 1 aliphatic heterocycles. The Morgan fingerprint density at radius 2 is 1.88 bits per heavy atom. The highest BCUT2D eigenvalue weighted by molar-refractivity contribution is 5.92. The van der Waals surface area contributed by atoms with Gasteiger partial charge in [-0.25, -0.2) is 0 Å². The zero-order chi connectivity index (χ0) is 16.4. The Hall–Kier alpha value is -2.18. The molecule has 1 aliphatic rings. The third-order valence-electron chi connectivity index (χ3n) is 4.32. The van der Waals surface area contributed by atoms with Crippen molar-refractivity contribution in [3.8, 4) is 5.69 Å². The van der Waals surface area contributed by atoms with Crippen molar-refractivity contribution in [1.29, 1.82) is 0 Å². The molecule has 2 unspecified atom stereocenters. The molecule has 0 spiro atoms. The molecule has 0 aliphatic carbocycles. The first-order valence-electron chi connectivity index (χ1n) is 7.78. The number of nitrogens with zero attached hydrogens (tertiary/aromatic N) is 3. The fourth-order valence-corrected chi connectivity index (χ4v) is 2.77. The van der Waals surface area contributed by atoms with Gasteiger partial charge in [0.2, 0.25) is 0 Å². The number of benzene rings is 1. The number of aromatic nitrogens is 2. The van der Waals surface area contributed by atoms with E-state index >= 15 is 0 Å². The maximum Gasteiger partial charge on any atom is 0.274 e. The van der Waals surface area contributed by atoms with Gasteiger partial charge < -0.3 is 10.2 Å². The highest BCUT2D eigenvalue weighted by atomic mass is 35.5. The Kier molecular flexibility index (Phi) is 5.75. The smallest absolute Gasteiger partial charge is 0.274 e. The number of piperazine rings is 1. The molecular formula is C17H21ClN4O2. The van der Waals surface area contributed by atoms with E-state index in [1.807, 2.05) is 30.0 Å². The fourth-order valence-electron chi connectivity index (χ4n) is 2.77. The highest BCUT2D eigenvalue weighted by Gasteiger charge is 2.29. The quantitative estimate of drug-likeness (QED) is 0.892. The van der Waals surface area contributed by atoms with Crippen LogP contribution in [0.3, 0.4) is 0 Å². The summed E-state index contributed by atoms with van der Waals surface area (Å²) in [7, 11) is 0. The summed E-state index contributed by atoms with van der Waals surface area (Å²) in [6.07, 6.45) is 0. The summed E-state index contributed by atoms with van der Waals surface area (Å²) >= 11 is 0. The minimum absolute atomic E-state index is 0. The number of amides is 1. The van der Waals surface area contributed by atoms with Crippen molar-refractivity contribution in [3.63, 3.8) is 0 Å².